The van der Waals surface area contributed by atoms with Gasteiger partial charge in [0.05, 0.1) is 11.8 Å². The van der Waals surface area contributed by atoms with Crippen molar-refractivity contribution in [3.8, 4) is 0 Å². The zero-order valence-electron chi connectivity index (χ0n) is 13.6. The van der Waals surface area contributed by atoms with Crippen molar-refractivity contribution < 1.29 is 22.8 Å². The van der Waals surface area contributed by atoms with Crippen LogP contribution in [0.3, 0.4) is 0 Å². The number of carbonyl (C=O) groups excluding carboxylic acids is 2. The van der Waals surface area contributed by atoms with Gasteiger partial charge < -0.3 is 0 Å². The van der Waals surface area contributed by atoms with Crippen LogP contribution in [-0.2, 0) is 9.59 Å². The van der Waals surface area contributed by atoms with E-state index in [1.54, 1.807) is 24.3 Å². The molecule has 0 aliphatic carbocycles. The first-order valence-electron chi connectivity index (χ1n) is 7.44. The molecule has 2 unspecified atom stereocenters. The number of rotatable bonds is 5. The van der Waals surface area contributed by atoms with Crippen molar-refractivity contribution in [2.45, 2.75) is 32.6 Å². The monoisotopic (exact) mass is 334 g/mol. The summed E-state index contributed by atoms with van der Waals surface area (Å²) in [5.41, 5.74) is 0.848. The first-order chi connectivity index (χ1) is 11.2. The third-order valence-corrected chi connectivity index (χ3v) is 4.00. The van der Waals surface area contributed by atoms with Crippen LogP contribution < -0.4 is 0 Å². The standard InChI is InChI=1S/C19H17F3O2/c1-10-4-6-13(7-5-10)17(11(2)23)18(12(3)24)19-15(21)8-14(20)9-16(19)22/h4-9,17-18H,1-3H3. The van der Waals surface area contributed by atoms with E-state index in [-0.39, 0.29) is 0 Å². The van der Waals surface area contributed by atoms with E-state index in [0.717, 1.165) is 12.5 Å². The highest BCUT2D eigenvalue weighted by atomic mass is 19.1. The Hall–Kier alpha value is -2.43. The molecule has 0 N–H and O–H groups in total. The van der Waals surface area contributed by atoms with E-state index in [4.69, 9.17) is 0 Å². The summed E-state index contributed by atoms with van der Waals surface area (Å²) in [4.78, 5) is 24.3. The van der Waals surface area contributed by atoms with Gasteiger partial charge in [0.1, 0.15) is 29.0 Å². The molecular weight excluding hydrogens is 317 g/mol. The Morgan fingerprint density at radius 1 is 0.833 bits per heavy atom. The van der Waals surface area contributed by atoms with Crippen LogP contribution in [0, 0.1) is 24.4 Å². The lowest BCUT2D eigenvalue weighted by Crippen LogP contribution is -2.26. The highest BCUT2D eigenvalue weighted by Crippen LogP contribution is 2.37. The molecule has 0 bridgehead atoms. The first-order valence-corrected chi connectivity index (χ1v) is 7.44. The molecule has 24 heavy (non-hydrogen) atoms. The van der Waals surface area contributed by atoms with Gasteiger partial charge in [0.2, 0.25) is 0 Å². The normalized spacial score (nSPS) is 13.4. The highest BCUT2D eigenvalue weighted by molar-refractivity contribution is 5.94. The summed E-state index contributed by atoms with van der Waals surface area (Å²) in [5, 5.41) is 0. The van der Waals surface area contributed by atoms with Crippen molar-refractivity contribution in [3.63, 3.8) is 0 Å². The number of ketones is 2. The summed E-state index contributed by atoms with van der Waals surface area (Å²) >= 11 is 0. The lowest BCUT2D eigenvalue weighted by Gasteiger charge is -2.25. The Kier molecular flexibility index (Phi) is 5.22. The molecule has 0 amide bonds. The quantitative estimate of drug-likeness (QED) is 0.809. The second-order valence-corrected chi connectivity index (χ2v) is 5.87. The van der Waals surface area contributed by atoms with Crippen LogP contribution in [0.4, 0.5) is 13.2 Å². The molecule has 2 rings (SSSR count). The van der Waals surface area contributed by atoms with Crippen molar-refractivity contribution >= 4 is 11.6 Å². The molecule has 0 fully saturated rings. The van der Waals surface area contributed by atoms with Gasteiger partial charge in [-0.2, -0.15) is 0 Å². The minimum atomic E-state index is -1.36. The van der Waals surface area contributed by atoms with E-state index in [2.05, 4.69) is 0 Å². The number of Topliss-reactive ketones (excluding diaryl/α,β-unsaturated/α-hetero) is 2. The van der Waals surface area contributed by atoms with Crippen LogP contribution in [0.15, 0.2) is 36.4 Å². The molecule has 0 aromatic heterocycles. The topological polar surface area (TPSA) is 34.1 Å². The first kappa shape index (κ1) is 17.9. The van der Waals surface area contributed by atoms with Gasteiger partial charge in [0.25, 0.3) is 0 Å². The van der Waals surface area contributed by atoms with Crippen molar-refractivity contribution in [2.24, 2.45) is 0 Å². The predicted octanol–water partition coefficient (Wildman–Crippen LogP) is 4.46. The molecule has 2 aromatic rings. The fourth-order valence-corrected chi connectivity index (χ4v) is 2.89. The van der Waals surface area contributed by atoms with E-state index in [9.17, 15) is 22.8 Å². The summed E-state index contributed by atoms with van der Waals surface area (Å²) in [7, 11) is 0. The second-order valence-electron chi connectivity index (χ2n) is 5.87. The number of hydrogen-bond donors (Lipinski definition) is 0. The number of carbonyl (C=O) groups is 2. The molecule has 2 atom stereocenters. The summed E-state index contributed by atoms with van der Waals surface area (Å²) in [6.07, 6.45) is 0. The Labute approximate surface area is 138 Å². The molecule has 2 aromatic carbocycles. The minimum absolute atomic E-state index is 0.401. The van der Waals surface area contributed by atoms with Crippen LogP contribution >= 0.6 is 0 Å². The number of hydrogen-bond acceptors (Lipinski definition) is 2. The van der Waals surface area contributed by atoms with Gasteiger partial charge in [-0.05, 0) is 26.3 Å². The van der Waals surface area contributed by atoms with Gasteiger partial charge in [-0.3, -0.25) is 9.59 Å². The molecule has 0 heterocycles. The molecule has 0 spiro atoms. The third kappa shape index (κ3) is 3.55. The van der Waals surface area contributed by atoms with Crippen molar-refractivity contribution in [1.29, 1.82) is 0 Å². The van der Waals surface area contributed by atoms with Crippen molar-refractivity contribution in [2.75, 3.05) is 0 Å². The highest BCUT2D eigenvalue weighted by Gasteiger charge is 2.36. The van der Waals surface area contributed by atoms with E-state index in [1.165, 1.54) is 6.92 Å². The lowest BCUT2D eigenvalue weighted by molar-refractivity contribution is -0.125. The number of aryl methyl sites for hydroxylation is 1. The van der Waals surface area contributed by atoms with Gasteiger partial charge in [-0.1, -0.05) is 29.8 Å². The molecule has 0 saturated heterocycles. The van der Waals surface area contributed by atoms with Gasteiger partial charge in [0, 0.05) is 17.7 Å². The predicted molar refractivity (Wildman–Crippen MR) is 84.3 cm³/mol. The maximum atomic E-state index is 14.2. The fourth-order valence-electron chi connectivity index (χ4n) is 2.89. The molecule has 0 radical (unpaired) electrons. The molecular formula is C19H17F3O2. The number of halogens is 3. The Morgan fingerprint density at radius 3 is 1.71 bits per heavy atom. The van der Waals surface area contributed by atoms with Crippen LogP contribution in [-0.4, -0.2) is 11.6 Å². The summed E-state index contributed by atoms with van der Waals surface area (Å²) < 4.78 is 41.5. The summed E-state index contributed by atoms with van der Waals surface area (Å²) in [5.74, 6) is -6.80. The van der Waals surface area contributed by atoms with Crippen LogP contribution in [0.5, 0.6) is 0 Å². The van der Waals surface area contributed by atoms with E-state index >= 15 is 0 Å². The summed E-state index contributed by atoms with van der Waals surface area (Å²) in [6, 6.07) is 7.83. The maximum absolute atomic E-state index is 14.2. The molecule has 0 aliphatic rings. The fraction of sp³-hybridized carbons (Fsp3) is 0.263. The zero-order valence-corrected chi connectivity index (χ0v) is 13.6. The lowest BCUT2D eigenvalue weighted by atomic mass is 9.76. The average molecular weight is 334 g/mol. The molecule has 5 heteroatoms. The SMILES string of the molecule is CC(=O)C(c1ccc(C)cc1)C(C(C)=O)c1c(F)cc(F)cc1F. The average Bonchev–Trinajstić information content (AvgIpc) is 2.46. The van der Waals surface area contributed by atoms with E-state index in [0.29, 0.717) is 17.7 Å². The Morgan fingerprint density at radius 2 is 1.29 bits per heavy atom. The van der Waals surface area contributed by atoms with E-state index < -0.39 is 46.4 Å². The van der Waals surface area contributed by atoms with Crippen molar-refractivity contribution in [3.05, 3.63) is 70.5 Å². The van der Waals surface area contributed by atoms with Crippen LogP contribution in [0.25, 0.3) is 0 Å². The van der Waals surface area contributed by atoms with Gasteiger partial charge in [0.15, 0.2) is 0 Å². The van der Waals surface area contributed by atoms with Crippen molar-refractivity contribution in [1.82, 2.24) is 0 Å². The van der Waals surface area contributed by atoms with Gasteiger partial charge in [-0.25, -0.2) is 13.2 Å². The Bertz CT molecular complexity index is 759. The third-order valence-electron chi connectivity index (χ3n) is 4.00. The Balaban J connectivity index is 2.66. The molecule has 126 valence electrons. The van der Waals surface area contributed by atoms with Gasteiger partial charge >= 0.3 is 0 Å². The minimum Gasteiger partial charge on any atom is -0.299 e. The zero-order chi connectivity index (χ0) is 18.0. The second kappa shape index (κ2) is 6.99. The van der Waals surface area contributed by atoms with Crippen LogP contribution in [0.2, 0.25) is 0 Å². The largest absolute Gasteiger partial charge is 0.299 e. The van der Waals surface area contributed by atoms with Gasteiger partial charge in [-0.15, -0.1) is 0 Å². The number of benzene rings is 2. The summed E-state index contributed by atoms with van der Waals surface area (Å²) in [6.45, 7) is 4.28. The van der Waals surface area contributed by atoms with E-state index in [1.807, 2.05) is 6.92 Å². The molecule has 2 nitrogen and oxygen atoms in total. The molecule has 0 saturated carbocycles. The maximum Gasteiger partial charge on any atom is 0.138 e. The molecule has 0 aliphatic heterocycles. The van der Waals surface area contributed by atoms with Crippen LogP contribution in [0.1, 0.15) is 42.4 Å². The smallest absolute Gasteiger partial charge is 0.138 e.